The lowest BCUT2D eigenvalue weighted by molar-refractivity contribution is 0.0939. The zero-order valence-corrected chi connectivity index (χ0v) is 14.2. The summed E-state index contributed by atoms with van der Waals surface area (Å²) in [6, 6.07) is 14.1. The van der Waals surface area contributed by atoms with Crippen molar-refractivity contribution < 1.29 is 4.79 Å². The van der Waals surface area contributed by atoms with Crippen LogP contribution in [0.5, 0.6) is 0 Å². The Hall–Kier alpha value is -1.61. The first kappa shape index (κ1) is 15.8. The van der Waals surface area contributed by atoms with Gasteiger partial charge in [0, 0.05) is 10.0 Å². The molecule has 0 aliphatic heterocycles. The van der Waals surface area contributed by atoms with Crippen LogP contribution >= 0.6 is 15.9 Å². The van der Waals surface area contributed by atoms with E-state index in [1.165, 1.54) is 5.56 Å². The number of aryl methyl sites for hydroxylation is 1. The van der Waals surface area contributed by atoms with Crippen molar-refractivity contribution >= 4 is 21.8 Å². The van der Waals surface area contributed by atoms with Gasteiger partial charge in [-0.25, -0.2) is 0 Å². The van der Waals surface area contributed by atoms with Gasteiger partial charge >= 0.3 is 0 Å². The van der Waals surface area contributed by atoms with Crippen molar-refractivity contribution in [2.45, 2.75) is 33.2 Å². The number of nitrogens with one attached hydrogen (secondary N) is 1. The van der Waals surface area contributed by atoms with E-state index in [1.807, 2.05) is 32.0 Å². The molecule has 2 aromatic rings. The second-order valence-electron chi connectivity index (χ2n) is 5.20. The molecule has 0 saturated heterocycles. The Morgan fingerprint density at radius 2 is 1.86 bits per heavy atom. The summed E-state index contributed by atoms with van der Waals surface area (Å²) in [5, 5.41) is 3.06. The topological polar surface area (TPSA) is 29.1 Å². The van der Waals surface area contributed by atoms with Crippen LogP contribution in [0.3, 0.4) is 0 Å². The first-order chi connectivity index (χ1) is 10.0. The average Bonchev–Trinajstić information content (AvgIpc) is 2.50. The van der Waals surface area contributed by atoms with E-state index in [0.717, 1.165) is 22.0 Å². The summed E-state index contributed by atoms with van der Waals surface area (Å²) in [6.07, 6.45) is 1.03. The predicted octanol–water partition coefficient (Wildman–Crippen LogP) is 4.81. The Balaban J connectivity index is 2.12. The van der Waals surface area contributed by atoms with Crippen molar-refractivity contribution in [3.05, 3.63) is 69.2 Å². The maximum atomic E-state index is 12.4. The van der Waals surface area contributed by atoms with Gasteiger partial charge in [-0.05, 0) is 49.1 Å². The van der Waals surface area contributed by atoms with E-state index in [9.17, 15) is 4.79 Å². The SMILES string of the molecule is CCc1ccc(C(C)NC(=O)c2cccc(Br)c2C)cc1. The van der Waals surface area contributed by atoms with Crippen molar-refractivity contribution in [1.29, 1.82) is 0 Å². The van der Waals surface area contributed by atoms with Gasteiger partial charge in [-0.3, -0.25) is 4.79 Å². The van der Waals surface area contributed by atoms with Gasteiger partial charge in [-0.15, -0.1) is 0 Å². The molecule has 0 aliphatic rings. The quantitative estimate of drug-likeness (QED) is 0.846. The average molecular weight is 346 g/mol. The zero-order valence-electron chi connectivity index (χ0n) is 12.6. The number of carbonyl (C=O) groups is 1. The highest BCUT2D eigenvalue weighted by Crippen LogP contribution is 2.20. The van der Waals surface area contributed by atoms with E-state index in [0.29, 0.717) is 5.56 Å². The predicted molar refractivity (Wildman–Crippen MR) is 90.6 cm³/mol. The Bertz CT molecular complexity index is 634. The number of amides is 1. The van der Waals surface area contributed by atoms with E-state index in [-0.39, 0.29) is 11.9 Å². The van der Waals surface area contributed by atoms with Gasteiger partial charge in [0.25, 0.3) is 5.91 Å². The highest BCUT2D eigenvalue weighted by Gasteiger charge is 2.14. The lowest BCUT2D eigenvalue weighted by Crippen LogP contribution is -2.27. The molecule has 2 aromatic carbocycles. The van der Waals surface area contributed by atoms with E-state index in [4.69, 9.17) is 0 Å². The molecule has 0 aliphatic carbocycles. The van der Waals surface area contributed by atoms with E-state index < -0.39 is 0 Å². The largest absolute Gasteiger partial charge is 0.346 e. The second kappa shape index (κ2) is 6.90. The Morgan fingerprint density at radius 3 is 2.48 bits per heavy atom. The molecular formula is C18H20BrNO. The molecule has 2 rings (SSSR count). The van der Waals surface area contributed by atoms with E-state index in [1.54, 1.807) is 0 Å². The molecule has 0 bridgehead atoms. The first-order valence-electron chi connectivity index (χ1n) is 7.17. The van der Waals surface area contributed by atoms with Crippen LogP contribution in [0.25, 0.3) is 0 Å². The number of carbonyl (C=O) groups excluding carboxylic acids is 1. The smallest absolute Gasteiger partial charge is 0.252 e. The third-order valence-electron chi connectivity index (χ3n) is 3.75. The Kier molecular flexibility index (Phi) is 5.18. The molecule has 0 fully saturated rings. The highest BCUT2D eigenvalue weighted by atomic mass is 79.9. The first-order valence-corrected chi connectivity index (χ1v) is 7.97. The van der Waals surface area contributed by atoms with Gasteiger partial charge in [-0.2, -0.15) is 0 Å². The summed E-state index contributed by atoms with van der Waals surface area (Å²) in [5.41, 5.74) is 4.10. The molecule has 0 saturated carbocycles. The number of hydrogen-bond donors (Lipinski definition) is 1. The summed E-state index contributed by atoms with van der Waals surface area (Å²) in [4.78, 5) is 12.4. The third kappa shape index (κ3) is 3.73. The van der Waals surface area contributed by atoms with Crippen molar-refractivity contribution in [2.75, 3.05) is 0 Å². The molecular weight excluding hydrogens is 326 g/mol. The minimum Gasteiger partial charge on any atom is -0.346 e. The van der Waals surface area contributed by atoms with E-state index in [2.05, 4.69) is 52.4 Å². The Labute approximate surface area is 134 Å². The molecule has 2 nitrogen and oxygen atoms in total. The summed E-state index contributed by atoms with van der Waals surface area (Å²) in [5.74, 6) is -0.0409. The van der Waals surface area contributed by atoms with Crippen molar-refractivity contribution in [3.8, 4) is 0 Å². The van der Waals surface area contributed by atoms with Crippen LogP contribution in [-0.2, 0) is 6.42 Å². The van der Waals surface area contributed by atoms with Gasteiger partial charge in [0.1, 0.15) is 0 Å². The number of hydrogen-bond acceptors (Lipinski definition) is 1. The molecule has 0 spiro atoms. The van der Waals surface area contributed by atoms with Gasteiger partial charge in [0.15, 0.2) is 0 Å². The van der Waals surface area contributed by atoms with Crippen LogP contribution in [0.15, 0.2) is 46.9 Å². The lowest BCUT2D eigenvalue weighted by atomic mass is 10.0. The molecule has 0 aromatic heterocycles. The third-order valence-corrected chi connectivity index (χ3v) is 4.61. The zero-order chi connectivity index (χ0) is 15.4. The highest BCUT2D eigenvalue weighted by molar-refractivity contribution is 9.10. The molecule has 0 heterocycles. The van der Waals surface area contributed by atoms with Gasteiger partial charge in [0.05, 0.1) is 6.04 Å². The van der Waals surface area contributed by atoms with Crippen LogP contribution in [0.2, 0.25) is 0 Å². The van der Waals surface area contributed by atoms with Gasteiger partial charge < -0.3 is 5.32 Å². The number of benzene rings is 2. The lowest BCUT2D eigenvalue weighted by Gasteiger charge is -2.16. The van der Waals surface area contributed by atoms with Crippen LogP contribution < -0.4 is 5.32 Å². The molecule has 3 heteroatoms. The molecule has 1 unspecified atom stereocenters. The van der Waals surface area contributed by atoms with Crippen LogP contribution in [0, 0.1) is 6.92 Å². The molecule has 1 atom stereocenters. The molecule has 21 heavy (non-hydrogen) atoms. The van der Waals surface area contributed by atoms with E-state index >= 15 is 0 Å². The molecule has 1 N–H and O–H groups in total. The van der Waals surface area contributed by atoms with Gasteiger partial charge in [0.2, 0.25) is 0 Å². The summed E-state index contributed by atoms with van der Waals surface area (Å²) >= 11 is 3.46. The van der Waals surface area contributed by atoms with Crippen LogP contribution in [0.1, 0.15) is 46.9 Å². The molecule has 110 valence electrons. The summed E-state index contributed by atoms with van der Waals surface area (Å²) < 4.78 is 0.954. The maximum absolute atomic E-state index is 12.4. The number of rotatable bonds is 4. The fraction of sp³-hybridized carbons (Fsp3) is 0.278. The number of halogens is 1. The summed E-state index contributed by atoms with van der Waals surface area (Å²) in [7, 11) is 0. The van der Waals surface area contributed by atoms with Gasteiger partial charge in [-0.1, -0.05) is 53.2 Å². The van der Waals surface area contributed by atoms with Crippen molar-refractivity contribution in [2.24, 2.45) is 0 Å². The normalized spacial score (nSPS) is 12.0. The molecule has 0 radical (unpaired) electrons. The standard InChI is InChI=1S/C18H20BrNO/c1-4-14-8-10-15(11-9-14)13(3)20-18(21)16-6-5-7-17(19)12(16)2/h5-11,13H,4H2,1-3H3,(H,20,21). The maximum Gasteiger partial charge on any atom is 0.252 e. The fourth-order valence-electron chi connectivity index (χ4n) is 2.25. The van der Waals surface area contributed by atoms with Crippen LogP contribution in [0.4, 0.5) is 0 Å². The minimum absolute atomic E-state index is 0.0122. The van der Waals surface area contributed by atoms with Crippen molar-refractivity contribution in [1.82, 2.24) is 5.32 Å². The monoisotopic (exact) mass is 345 g/mol. The molecule has 1 amide bonds. The van der Waals surface area contributed by atoms with Crippen molar-refractivity contribution in [3.63, 3.8) is 0 Å². The fourth-order valence-corrected chi connectivity index (χ4v) is 2.62. The Morgan fingerprint density at radius 1 is 1.19 bits per heavy atom. The summed E-state index contributed by atoms with van der Waals surface area (Å²) in [6.45, 7) is 6.09. The second-order valence-corrected chi connectivity index (χ2v) is 6.06. The van der Waals surface area contributed by atoms with Crippen LogP contribution in [-0.4, -0.2) is 5.91 Å². The minimum atomic E-state index is -0.0409.